The zero-order valence-electron chi connectivity index (χ0n) is 6.62. The highest BCUT2D eigenvalue weighted by molar-refractivity contribution is 5.39. The first-order valence-corrected chi connectivity index (χ1v) is 3.46. The van der Waals surface area contributed by atoms with Crippen LogP contribution < -0.4 is 9.47 Å². The number of hydrogen-bond donors (Lipinski definition) is 0. The van der Waals surface area contributed by atoms with Crippen LogP contribution in [0.1, 0.15) is 0 Å². The predicted octanol–water partition coefficient (Wildman–Crippen LogP) is 1.87. The molecule has 0 atom stereocenters. The lowest BCUT2D eigenvalue weighted by Gasteiger charge is -2.06. The van der Waals surface area contributed by atoms with Crippen LogP contribution in [-0.2, 0) is 0 Å². The van der Waals surface area contributed by atoms with Crippen LogP contribution in [0.3, 0.4) is 0 Å². The van der Waals surface area contributed by atoms with E-state index in [9.17, 15) is 0 Å². The number of ether oxygens (including phenoxy) is 2. The molecule has 0 aliphatic rings. The van der Waals surface area contributed by atoms with E-state index in [0.29, 0.717) is 11.5 Å². The molecule has 0 fully saturated rings. The average Bonchev–Trinajstić information content (AvgIpc) is 2.15. The minimum atomic E-state index is 0.236. The summed E-state index contributed by atoms with van der Waals surface area (Å²) in [7, 11) is 3.29. The lowest BCUT2D eigenvalue weighted by Crippen LogP contribution is -1.95. The van der Waals surface area contributed by atoms with Crippen LogP contribution in [-0.4, -0.2) is 6.61 Å². The summed E-state index contributed by atoms with van der Waals surface area (Å²) >= 11 is 0. The second kappa shape index (κ2) is 4.30. The van der Waals surface area contributed by atoms with Crippen molar-refractivity contribution in [1.82, 2.24) is 0 Å². The SMILES string of the molecule is C#CCOc1ccccc1O[CH2]. The number of terminal acetylenes is 1. The largest absolute Gasteiger partial charge is 0.486 e. The quantitative estimate of drug-likeness (QED) is 0.630. The monoisotopic (exact) mass is 161 g/mol. The van der Waals surface area contributed by atoms with Crippen LogP contribution in [0.25, 0.3) is 0 Å². The molecular weight excluding hydrogens is 152 g/mol. The molecule has 0 spiro atoms. The zero-order valence-corrected chi connectivity index (χ0v) is 6.62. The van der Waals surface area contributed by atoms with Crippen LogP contribution in [0.5, 0.6) is 11.5 Å². The zero-order chi connectivity index (χ0) is 8.81. The first kappa shape index (κ1) is 8.48. The third kappa shape index (κ3) is 1.93. The molecule has 2 heteroatoms. The molecular formula is C10H9O2. The van der Waals surface area contributed by atoms with Crippen LogP contribution in [0.15, 0.2) is 24.3 Å². The van der Waals surface area contributed by atoms with E-state index in [2.05, 4.69) is 13.0 Å². The molecule has 2 nitrogen and oxygen atoms in total. The number of para-hydroxylation sites is 2. The van der Waals surface area contributed by atoms with Crippen molar-refractivity contribution in [3.05, 3.63) is 31.4 Å². The van der Waals surface area contributed by atoms with Gasteiger partial charge >= 0.3 is 0 Å². The highest BCUT2D eigenvalue weighted by Crippen LogP contribution is 2.25. The van der Waals surface area contributed by atoms with E-state index < -0.39 is 0 Å². The highest BCUT2D eigenvalue weighted by Gasteiger charge is 1.99. The van der Waals surface area contributed by atoms with Gasteiger partial charge in [0, 0.05) is 0 Å². The van der Waals surface area contributed by atoms with Crippen molar-refractivity contribution >= 4 is 0 Å². The maximum atomic E-state index is 5.18. The Hall–Kier alpha value is -1.62. The topological polar surface area (TPSA) is 18.5 Å². The van der Waals surface area contributed by atoms with Crippen molar-refractivity contribution in [1.29, 1.82) is 0 Å². The van der Waals surface area contributed by atoms with E-state index in [4.69, 9.17) is 15.9 Å². The molecule has 1 rings (SSSR count). The summed E-state index contributed by atoms with van der Waals surface area (Å²) in [5, 5.41) is 0. The van der Waals surface area contributed by atoms with Gasteiger partial charge in [0.15, 0.2) is 11.5 Å². The van der Waals surface area contributed by atoms with Gasteiger partial charge in [0.2, 0.25) is 0 Å². The molecule has 12 heavy (non-hydrogen) atoms. The van der Waals surface area contributed by atoms with Crippen molar-refractivity contribution in [3.8, 4) is 23.8 Å². The molecule has 0 heterocycles. The van der Waals surface area contributed by atoms with E-state index in [1.54, 1.807) is 12.1 Å². The van der Waals surface area contributed by atoms with E-state index in [1.807, 2.05) is 12.1 Å². The van der Waals surface area contributed by atoms with Gasteiger partial charge in [-0.2, -0.15) is 0 Å². The van der Waals surface area contributed by atoms with Crippen LogP contribution in [0, 0.1) is 19.5 Å². The van der Waals surface area contributed by atoms with Gasteiger partial charge in [-0.05, 0) is 12.1 Å². The molecule has 0 saturated heterocycles. The Morgan fingerprint density at radius 3 is 2.58 bits per heavy atom. The fourth-order valence-corrected chi connectivity index (χ4v) is 0.808. The van der Waals surface area contributed by atoms with Gasteiger partial charge in [-0.25, -0.2) is 0 Å². The van der Waals surface area contributed by atoms with Crippen molar-refractivity contribution in [2.75, 3.05) is 6.61 Å². The fraction of sp³-hybridized carbons (Fsp3) is 0.100. The van der Waals surface area contributed by atoms with E-state index >= 15 is 0 Å². The summed E-state index contributed by atoms with van der Waals surface area (Å²) in [6.07, 6.45) is 5.04. The minimum Gasteiger partial charge on any atom is -0.486 e. The Kier molecular flexibility index (Phi) is 3.04. The number of benzene rings is 1. The first-order chi connectivity index (χ1) is 5.88. The molecule has 1 radical (unpaired) electrons. The molecule has 0 unspecified atom stereocenters. The van der Waals surface area contributed by atoms with Gasteiger partial charge in [0.1, 0.15) is 13.7 Å². The Balaban J connectivity index is 2.76. The third-order valence-electron chi connectivity index (χ3n) is 1.32. The second-order valence-electron chi connectivity index (χ2n) is 2.08. The maximum Gasteiger partial charge on any atom is 0.162 e. The van der Waals surface area contributed by atoms with Crippen molar-refractivity contribution in [2.24, 2.45) is 0 Å². The van der Waals surface area contributed by atoms with Gasteiger partial charge in [-0.3, -0.25) is 0 Å². The summed E-state index contributed by atoms with van der Waals surface area (Å²) in [4.78, 5) is 0. The van der Waals surface area contributed by atoms with Crippen molar-refractivity contribution in [2.45, 2.75) is 0 Å². The van der Waals surface area contributed by atoms with E-state index in [-0.39, 0.29) is 6.61 Å². The number of hydrogen-bond acceptors (Lipinski definition) is 2. The standard InChI is InChI=1S/C10H9O2/c1-3-8-12-10-7-5-4-6-9(10)11-2/h1,4-7H,2,8H2. The average molecular weight is 161 g/mol. The summed E-state index contributed by atoms with van der Waals surface area (Å²) in [6, 6.07) is 7.22. The molecule has 0 amide bonds. The Morgan fingerprint density at radius 1 is 1.33 bits per heavy atom. The highest BCUT2D eigenvalue weighted by atomic mass is 16.5. The summed E-state index contributed by atoms with van der Waals surface area (Å²) in [6.45, 7) is 0.236. The van der Waals surface area contributed by atoms with Crippen molar-refractivity contribution < 1.29 is 9.47 Å². The fourth-order valence-electron chi connectivity index (χ4n) is 0.808. The second-order valence-corrected chi connectivity index (χ2v) is 2.08. The summed E-state index contributed by atoms with van der Waals surface area (Å²) in [5.74, 6) is 3.58. The lowest BCUT2D eigenvalue weighted by molar-refractivity contribution is 0.344. The molecule has 0 N–H and O–H groups in total. The molecule has 0 aliphatic heterocycles. The smallest absolute Gasteiger partial charge is 0.162 e. The first-order valence-electron chi connectivity index (χ1n) is 3.46. The maximum absolute atomic E-state index is 5.18. The molecule has 0 aromatic heterocycles. The molecule has 0 aliphatic carbocycles. The van der Waals surface area contributed by atoms with E-state index in [0.717, 1.165) is 0 Å². The Morgan fingerprint density at radius 2 is 2.00 bits per heavy atom. The molecule has 0 saturated carbocycles. The molecule has 1 aromatic carbocycles. The third-order valence-corrected chi connectivity index (χ3v) is 1.32. The summed E-state index contributed by atoms with van der Waals surface area (Å²) in [5.41, 5.74) is 0. The Bertz CT molecular complexity index is 286. The lowest BCUT2D eigenvalue weighted by atomic mass is 10.3. The predicted molar refractivity (Wildman–Crippen MR) is 46.8 cm³/mol. The van der Waals surface area contributed by atoms with Crippen LogP contribution >= 0.6 is 0 Å². The molecule has 0 bridgehead atoms. The Labute approximate surface area is 72.1 Å². The summed E-state index contributed by atoms with van der Waals surface area (Å²) < 4.78 is 9.97. The van der Waals surface area contributed by atoms with Gasteiger partial charge < -0.3 is 9.47 Å². The van der Waals surface area contributed by atoms with E-state index in [1.165, 1.54) is 0 Å². The number of rotatable bonds is 3. The van der Waals surface area contributed by atoms with Crippen molar-refractivity contribution in [3.63, 3.8) is 0 Å². The van der Waals surface area contributed by atoms with Crippen LogP contribution in [0.2, 0.25) is 0 Å². The van der Waals surface area contributed by atoms with Gasteiger partial charge in [0.05, 0.1) is 0 Å². The van der Waals surface area contributed by atoms with Gasteiger partial charge in [-0.15, -0.1) is 6.42 Å². The van der Waals surface area contributed by atoms with Gasteiger partial charge in [0.25, 0.3) is 0 Å². The van der Waals surface area contributed by atoms with Gasteiger partial charge in [-0.1, -0.05) is 18.1 Å². The van der Waals surface area contributed by atoms with Crippen LogP contribution in [0.4, 0.5) is 0 Å². The normalized spacial score (nSPS) is 8.67. The molecule has 1 aromatic rings. The minimum absolute atomic E-state index is 0.236. The molecule has 61 valence electrons.